The minimum absolute atomic E-state index is 0.221. The molecule has 4 nitrogen and oxygen atoms in total. The second-order valence-corrected chi connectivity index (χ2v) is 7.55. The number of H-pyrrole nitrogens is 1. The lowest BCUT2D eigenvalue weighted by molar-refractivity contribution is 0.0658. The van der Waals surface area contributed by atoms with Crippen LogP contribution in [0, 0.1) is 0 Å². The van der Waals surface area contributed by atoms with Gasteiger partial charge in [-0.1, -0.05) is 30.3 Å². The van der Waals surface area contributed by atoms with E-state index in [1.165, 1.54) is 16.5 Å². The van der Waals surface area contributed by atoms with Gasteiger partial charge in [0.25, 0.3) is 0 Å². The smallest absolute Gasteiger partial charge is 0.0721 e. The van der Waals surface area contributed by atoms with Gasteiger partial charge in [-0.25, -0.2) is 0 Å². The number of aromatic nitrogens is 1. The number of rotatable bonds is 6. The van der Waals surface area contributed by atoms with Gasteiger partial charge in [0.15, 0.2) is 0 Å². The molecule has 0 unspecified atom stereocenters. The molecule has 1 fully saturated rings. The van der Waals surface area contributed by atoms with Crippen LogP contribution in [0.3, 0.4) is 0 Å². The average molecular weight is 364 g/mol. The number of fused-ring (bicyclic) bond motifs is 1. The zero-order chi connectivity index (χ0) is 18.6. The minimum Gasteiger partial charge on any atom is -0.381 e. The molecule has 0 radical (unpaired) electrons. The maximum atomic E-state index is 5.86. The summed E-state index contributed by atoms with van der Waals surface area (Å²) in [7, 11) is 0. The molecule has 0 aliphatic carbocycles. The van der Waals surface area contributed by atoms with Gasteiger partial charge in [-0.15, -0.1) is 0 Å². The summed E-state index contributed by atoms with van der Waals surface area (Å²) in [6, 6.07) is 17.6. The van der Waals surface area contributed by atoms with Gasteiger partial charge in [0.05, 0.1) is 23.9 Å². The molecule has 3 aromatic rings. The van der Waals surface area contributed by atoms with E-state index in [0.29, 0.717) is 12.6 Å². The summed E-state index contributed by atoms with van der Waals surface area (Å²) in [5.41, 5.74) is 5.86. The molecule has 0 bridgehead atoms. The van der Waals surface area contributed by atoms with Gasteiger partial charge in [0.1, 0.15) is 0 Å². The molecule has 0 atom stereocenters. The molecule has 4 rings (SSSR count). The van der Waals surface area contributed by atoms with Gasteiger partial charge in [-0.3, -0.25) is 0 Å². The SMILES string of the molecule is CC(C)OCc1cc(NC2CCOCC2)c2[nH]c(-c3ccccc3)cc2c1. The molecule has 1 saturated heterocycles. The first kappa shape index (κ1) is 18.1. The second kappa shape index (κ2) is 8.15. The fourth-order valence-corrected chi connectivity index (χ4v) is 3.60. The van der Waals surface area contributed by atoms with Crippen molar-refractivity contribution in [1.82, 2.24) is 4.98 Å². The fraction of sp³-hybridized carbons (Fsp3) is 0.391. The first-order valence-corrected chi connectivity index (χ1v) is 9.86. The lowest BCUT2D eigenvalue weighted by atomic mass is 10.1. The Hall–Kier alpha value is -2.30. The van der Waals surface area contributed by atoms with Crippen LogP contribution in [-0.2, 0) is 16.1 Å². The van der Waals surface area contributed by atoms with E-state index < -0.39 is 0 Å². The van der Waals surface area contributed by atoms with Crippen molar-refractivity contribution in [3.63, 3.8) is 0 Å². The largest absolute Gasteiger partial charge is 0.381 e. The quantitative estimate of drug-likeness (QED) is 0.620. The molecule has 1 aliphatic rings. The summed E-state index contributed by atoms with van der Waals surface area (Å²) in [6.45, 7) is 6.43. The predicted molar refractivity (Wildman–Crippen MR) is 111 cm³/mol. The van der Waals surface area contributed by atoms with E-state index in [-0.39, 0.29) is 6.10 Å². The Morgan fingerprint density at radius 2 is 1.89 bits per heavy atom. The maximum Gasteiger partial charge on any atom is 0.0721 e. The van der Waals surface area contributed by atoms with Gasteiger partial charge < -0.3 is 19.8 Å². The van der Waals surface area contributed by atoms with Crippen molar-refractivity contribution in [3.8, 4) is 11.3 Å². The first-order chi connectivity index (χ1) is 13.2. The lowest BCUT2D eigenvalue weighted by Gasteiger charge is -2.25. The monoisotopic (exact) mass is 364 g/mol. The standard InChI is InChI=1S/C23H28N2O2/c1-16(2)27-15-17-12-19-14-21(18-6-4-3-5-7-18)25-23(19)22(13-17)24-20-8-10-26-11-9-20/h3-7,12-14,16,20,24-25H,8-11,15H2,1-2H3. The summed E-state index contributed by atoms with van der Waals surface area (Å²) in [5.74, 6) is 0. The summed E-state index contributed by atoms with van der Waals surface area (Å²) in [5, 5.41) is 4.97. The van der Waals surface area contributed by atoms with E-state index >= 15 is 0 Å². The molecule has 0 spiro atoms. The lowest BCUT2D eigenvalue weighted by Crippen LogP contribution is -2.28. The first-order valence-electron chi connectivity index (χ1n) is 9.86. The van der Waals surface area contributed by atoms with Gasteiger partial charge in [0.2, 0.25) is 0 Å². The van der Waals surface area contributed by atoms with Crippen LogP contribution in [0.15, 0.2) is 48.5 Å². The third kappa shape index (κ3) is 4.34. The number of ether oxygens (including phenoxy) is 2. The van der Waals surface area contributed by atoms with E-state index in [0.717, 1.165) is 43.0 Å². The Bertz CT molecular complexity index is 880. The highest BCUT2D eigenvalue weighted by molar-refractivity contribution is 5.95. The normalized spacial score (nSPS) is 15.5. The zero-order valence-electron chi connectivity index (χ0n) is 16.1. The molecular formula is C23H28N2O2. The number of aromatic amines is 1. The highest BCUT2D eigenvalue weighted by Crippen LogP contribution is 2.31. The van der Waals surface area contributed by atoms with E-state index in [4.69, 9.17) is 9.47 Å². The summed E-state index contributed by atoms with van der Waals surface area (Å²) < 4.78 is 11.4. The van der Waals surface area contributed by atoms with Crippen molar-refractivity contribution in [2.45, 2.75) is 45.4 Å². The number of nitrogens with one attached hydrogen (secondary N) is 2. The van der Waals surface area contributed by atoms with E-state index in [1.54, 1.807) is 0 Å². The number of hydrogen-bond donors (Lipinski definition) is 2. The van der Waals surface area contributed by atoms with Crippen molar-refractivity contribution in [1.29, 1.82) is 0 Å². The van der Waals surface area contributed by atoms with Crippen LogP contribution < -0.4 is 5.32 Å². The van der Waals surface area contributed by atoms with Crippen LogP contribution >= 0.6 is 0 Å². The number of anilines is 1. The van der Waals surface area contributed by atoms with Crippen molar-refractivity contribution in [2.24, 2.45) is 0 Å². The average Bonchev–Trinajstić information content (AvgIpc) is 3.12. The zero-order valence-corrected chi connectivity index (χ0v) is 16.1. The summed E-state index contributed by atoms with van der Waals surface area (Å²) in [6.07, 6.45) is 2.31. The molecule has 142 valence electrons. The molecular weight excluding hydrogens is 336 g/mol. The van der Waals surface area contributed by atoms with E-state index in [1.807, 2.05) is 6.07 Å². The van der Waals surface area contributed by atoms with Crippen molar-refractivity contribution in [2.75, 3.05) is 18.5 Å². The third-order valence-corrected chi connectivity index (χ3v) is 5.04. The van der Waals surface area contributed by atoms with Crippen LogP contribution in [0.1, 0.15) is 32.3 Å². The van der Waals surface area contributed by atoms with Crippen molar-refractivity contribution >= 4 is 16.6 Å². The highest BCUT2D eigenvalue weighted by atomic mass is 16.5. The van der Waals surface area contributed by atoms with E-state index in [9.17, 15) is 0 Å². The summed E-state index contributed by atoms with van der Waals surface area (Å²) in [4.78, 5) is 3.63. The number of hydrogen-bond acceptors (Lipinski definition) is 3. The third-order valence-electron chi connectivity index (χ3n) is 5.04. The van der Waals surface area contributed by atoms with E-state index in [2.05, 4.69) is 66.6 Å². The molecule has 2 N–H and O–H groups in total. The Balaban J connectivity index is 1.70. The predicted octanol–water partition coefficient (Wildman–Crippen LogP) is 5.35. The van der Waals surface area contributed by atoms with Crippen LogP contribution in [0.5, 0.6) is 0 Å². The Kier molecular flexibility index (Phi) is 5.46. The topological polar surface area (TPSA) is 46.3 Å². The Labute approximate surface area is 160 Å². The minimum atomic E-state index is 0.221. The molecule has 0 saturated carbocycles. The van der Waals surface area contributed by atoms with Gasteiger partial charge >= 0.3 is 0 Å². The van der Waals surface area contributed by atoms with Gasteiger partial charge in [-0.05, 0) is 56.0 Å². The number of benzene rings is 2. The van der Waals surface area contributed by atoms with Gasteiger partial charge in [-0.2, -0.15) is 0 Å². The van der Waals surface area contributed by atoms with Crippen LogP contribution in [0.2, 0.25) is 0 Å². The molecule has 1 aliphatic heterocycles. The van der Waals surface area contributed by atoms with Crippen molar-refractivity contribution in [3.05, 3.63) is 54.1 Å². The molecule has 2 aromatic carbocycles. The molecule has 2 heterocycles. The van der Waals surface area contributed by atoms with Gasteiger partial charge in [0, 0.05) is 30.3 Å². The molecule has 1 aromatic heterocycles. The van der Waals surface area contributed by atoms with Crippen LogP contribution in [0.25, 0.3) is 22.2 Å². The fourth-order valence-electron chi connectivity index (χ4n) is 3.60. The molecule has 0 amide bonds. The Morgan fingerprint density at radius 3 is 2.63 bits per heavy atom. The van der Waals surface area contributed by atoms with Crippen molar-refractivity contribution < 1.29 is 9.47 Å². The second-order valence-electron chi connectivity index (χ2n) is 7.55. The molecule has 27 heavy (non-hydrogen) atoms. The Morgan fingerprint density at radius 1 is 1.11 bits per heavy atom. The highest BCUT2D eigenvalue weighted by Gasteiger charge is 2.16. The van der Waals surface area contributed by atoms with Crippen LogP contribution in [-0.4, -0.2) is 30.3 Å². The maximum absolute atomic E-state index is 5.86. The molecule has 4 heteroatoms. The summed E-state index contributed by atoms with van der Waals surface area (Å²) >= 11 is 0. The van der Waals surface area contributed by atoms with Crippen LogP contribution in [0.4, 0.5) is 5.69 Å².